The predicted octanol–water partition coefficient (Wildman–Crippen LogP) is 4.68. The van der Waals surface area contributed by atoms with Gasteiger partial charge in [-0.25, -0.2) is 4.79 Å². The minimum Gasteiger partial charge on any atom is -0.508 e. The third-order valence-electron chi connectivity index (χ3n) is 3.80. The first-order chi connectivity index (χ1) is 12.0. The lowest BCUT2D eigenvalue weighted by atomic mass is 10.0. The highest BCUT2D eigenvalue weighted by molar-refractivity contribution is 5.79. The van der Waals surface area contributed by atoms with E-state index in [2.05, 4.69) is 0 Å². The fourth-order valence-corrected chi connectivity index (χ4v) is 2.46. The van der Waals surface area contributed by atoms with Crippen molar-refractivity contribution in [1.29, 1.82) is 0 Å². The van der Waals surface area contributed by atoms with Crippen LogP contribution >= 0.6 is 0 Å². The van der Waals surface area contributed by atoms with E-state index in [1.165, 1.54) is 0 Å². The number of rotatable bonds is 6. The second-order valence-corrected chi connectivity index (χ2v) is 7.93. The quantitative estimate of drug-likeness (QED) is 0.764. The van der Waals surface area contributed by atoms with Crippen molar-refractivity contribution < 1.29 is 19.4 Å². The van der Waals surface area contributed by atoms with Crippen LogP contribution in [0.1, 0.15) is 45.7 Å². The number of hydrogen-bond donors (Lipinski definition) is 1. The summed E-state index contributed by atoms with van der Waals surface area (Å²) in [6, 6.07) is 15.0. The molecule has 0 saturated carbocycles. The Bertz CT molecular complexity index is 739. The summed E-state index contributed by atoms with van der Waals surface area (Å²) in [5, 5.41) is 9.52. The van der Waals surface area contributed by atoms with Gasteiger partial charge >= 0.3 is 5.97 Å². The van der Waals surface area contributed by atoms with Crippen LogP contribution in [0.4, 0.5) is 0 Å². The Morgan fingerprint density at radius 3 is 2.12 bits per heavy atom. The Morgan fingerprint density at radius 2 is 1.54 bits per heavy atom. The molecule has 0 radical (unpaired) electrons. The van der Waals surface area contributed by atoms with Gasteiger partial charge in [0, 0.05) is 0 Å². The van der Waals surface area contributed by atoms with Crippen LogP contribution in [0.3, 0.4) is 0 Å². The van der Waals surface area contributed by atoms with Crippen LogP contribution in [0, 0.1) is 0 Å². The van der Waals surface area contributed by atoms with Crippen LogP contribution in [0.5, 0.6) is 11.5 Å². The number of phenols is 1. The minimum atomic E-state index is -1.06. The van der Waals surface area contributed by atoms with Gasteiger partial charge in [0.25, 0.3) is 0 Å². The van der Waals surface area contributed by atoms with Gasteiger partial charge in [-0.3, -0.25) is 0 Å². The average molecular weight is 356 g/mol. The summed E-state index contributed by atoms with van der Waals surface area (Å²) in [4.78, 5) is 12.3. The summed E-state index contributed by atoms with van der Waals surface area (Å²) in [7, 11) is 0. The number of esters is 1. The van der Waals surface area contributed by atoms with Gasteiger partial charge in [-0.1, -0.05) is 24.3 Å². The molecule has 0 bridgehead atoms. The molecule has 0 aliphatic rings. The molecule has 26 heavy (non-hydrogen) atoms. The predicted molar refractivity (Wildman–Crippen MR) is 103 cm³/mol. The molecular formula is C22H28O4. The molecule has 1 N–H and O–H groups in total. The average Bonchev–Trinajstić information content (AvgIpc) is 2.52. The lowest BCUT2D eigenvalue weighted by Gasteiger charge is -2.29. The van der Waals surface area contributed by atoms with E-state index in [-0.39, 0.29) is 5.75 Å². The first-order valence-corrected chi connectivity index (χ1v) is 8.84. The number of hydrogen-bond acceptors (Lipinski definition) is 4. The molecule has 0 spiro atoms. The summed E-state index contributed by atoms with van der Waals surface area (Å²) in [6.45, 7) is 8.92. The number of phenolic OH excluding ortho intramolecular Hbond substituents is 1. The number of aryl methyl sites for hydroxylation is 2. The largest absolute Gasteiger partial charge is 0.508 e. The highest BCUT2D eigenvalue weighted by Gasteiger charge is 2.34. The van der Waals surface area contributed by atoms with Crippen molar-refractivity contribution in [3.05, 3.63) is 59.7 Å². The Labute approximate surface area is 155 Å². The molecule has 0 aliphatic heterocycles. The number of carbonyl (C=O) groups is 1. The van der Waals surface area contributed by atoms with Crippen molar-refractivity contribution >= 4 is 5.97 Å². The van der Waals surface area contributed by atoms with Crippen molar-refractivity contribution in [2.24, 2.45) is 0 Å². The zero-order valence-electron chi connectivity index (χ0n) is 16.2. The highest BCUT2D eigenvalue weighted by Crippen LogP contribution is 2.23. The first-order valence-electron chi connectivity index (χ1n) is 8.84. The summed E-state index contributed by atoms with van der Waals surface area (Å²) < 4.78 is 11.2. The zero-order valence-corrected chi connectivity index (χ0v) is 16.2. The molecule has 4 nitrogen and oxygen atoms in total. The van der Waals surface area contributed by atoms with E-state index in [0.29, 0.717) is 5.75 Å². The fraction of sp³-hybridized carbons (Fsp3) is 0.409. The van der Waals surface area contributed by atoms with Crippen molar-refractivity contribution in [2.45, 2.75) is 58.7 Å². The van der Waals surface area contributed by atoms with Crippen molar-refractivity contribution in [3.63, 3.8) is 0 Å². The Morgan fingerprint density at radius 1 is 0.923 bits per heavy atom. The second kappa shape index (κ2) is 7.81. The van der Waals surface area contributed by atoms with Crippen molar-refractivity contribution in [3.8, 4) is 11.5 Å². The fourth-order valence-electron chi connectivity index (χ4n) is 2.46. The van der Waals surface area contributed by atoms with E-state index in [4.69, 9.17) is 9.47 Å². The highest BCUT2D eigenvalue weighted by atomic mass is 16.6. The number of carbonyl (C=O) groups excluding carboxylic acids is 1. The normalized spacial score (nSPS) is 11.9. The monoisotopic (exact) mass is 356 g/mol. The standard InChI is InChI=1S/C22H28O4/c1-21(2,3)26-20(24)22(4,5)25-19-13-11-16(12-14-19)9-10-17-7-6-8-18(23)15-17/h6-8,11-15,23H,9-10H2,1-5H3. The van der Waals surface area contributed by atoms with Crippen molar-refractivity contribution in [1.82, 2.24) is 0 Å². The molecule has 0 saturated heterocycles. The minimum absolute atomic E-state index is 0.288. The maximum absolute atomic E-state index is 12.3. The molecule has 2 rings (SSSR count). The molecule has 0 aliphatic carbocycles. The van der Waals surface area contributed by atoms with Crippen LogP contribution in [0.25, 0.3) is 0 Å². The van der Waals surface area contributed by atoms with Gasteiger partial charge in [0.15, 0.2) is 5.60 Å². The Balaban J connectivity index is 1.95. The zero-order chi connectivity index (χ0) is 19.4. The van der Waals surface area contributed by atoms with E-state index < -0.39 is 17.2 Å². The van der Waals surface area contributed by atoms with E-state index in [1.54, 1.807) is 26.0 Å². The van der Waals surface area contributed by atoms with Crippen LogP contribution in [-0.4, -0.2) is 22.3 Å². The van der Waals surface area contributed by atoms with E-state index in [9.17, 15) is 9.90 Å². The molecule has 140 valence electrons. The smallest absolute Gasteiger partial charge is 0.350 e. The summed E-state index contributed by atoms with van der Waals surface area (Å²) in [5.74, 6) is 0.524. The topological polar surface area (TPSA) is 55.8 Å². The Kier molecular flexibility index (Phi) is 5.96. The molecule has 0 fully saturated rings. The maximum atomic E-state index is 12.3. The summed E-state index contributed by atoms with van der Waals surface area (Å²) >= 11 is 0. The van der Waals surface area contributed by atoms with Gasteiger partial charge in [0.05, 0.1) is 0 Å². The molecule has 0 amide bonds. The SMILES string of the molecule is CC(C)(C)OC(=O)C(C)(C)Oc1ccc(CCc2cccc(O)c2)cc1. The van der Waals surface area contributed by atoms with E-state index in [1.807, 2.05) is 57.2 Å². The third kappa shape index (κ3) is 6.10. The van der Waals surface area contributed by atoms with Crippen LogP contribution < -0.4 is 4.74 Å². The van der Waals surface area contributed by atoms with Crippen LogP contribution in [0.15, 0.2) is 48.5 Å². The number of aromatic hydroxyl groups is 1. The molecule has 2 aromatic carbocycles. The lowest BCUT2D eigenvalue weighted by molar-refractivity contribution is -0.170. The van der Waals surface area contributed by atoms with Crippen LogP contribution in [0.2, 0.25) is 0 Å². The van der Waals surface area contributed by atoms with Gasteiger partial charge in [-0.05, 0) is 82.9 Å². The maximum Gasteiger partial charge on any atom is 0.350 e. The first kappa shape index (κ1) is 19.8. The molecule has 2 aromatic rings. The van der Waals surface area contributed by atoms with Gasteiger partial charge in [-0.15, -0.1) is 0 Å². The molecular weight excluding hydrogens is 328 g/mol. The van der Waals surface area contributed by atoms with Gasteiger partial charge in [0.2, 0.25) is 0 Å². The van der Waals surface area contributed by atoms with Gasteiger partial charge in [-0.2, -0.15) is 0 Å². The number of benzene rings is 2. The molecule has 4 heteroatoms. The molecule has 0 atom stereocenters. The van der Waals surface area contributed by atoms with E-state index >= 15 is 0 Å². The van der Waals surface area contributed by atoms with Crippen LogP contribution in [-0.2, 0) is 22.4 Å². The Hall–Kier alpha value is -2.49. The van der Waals surface area contributed by atoms with Gasteiger partial charge < -0.3 is 14.6 Å². The summed E-state index contributed by atoms with van der Waals surface area (Å²) in [5.41, 5.74) is 0.649. The molecule has 0 unspecified atom stereocenters. The third-order valence-corrected chi connectivity index (χ3v) is 3.80. The van der Waals surface area contributed by atoms with Crippen molar-refractivity contribution in [2.75, 3.05) is 0 Å². The molecule has 0 aromatic heterocycles. The molecule has 0 heterocycles. The summed E-state index contributed by atoms with van der Waals surface area (Å²) in [6.07, 6.45) is 1.71. The lowest BCUT2D eigenvalue weighted by Crippen LogP contribution is -2.43. The second-order valence-electron chi connectivity index (χ2n) is 7.93. The van der Waals surface area contributed by atoms with Gasteiger partial charge in [0.1, 0.15) is 17.1 Å². The number of ether oxygens (including phenoxy) is 2. The van der Waals surface area contributed by atoms with E-state index in [0.717, 1.165) is 24.0 Å².